The summed E-state index contributed by atoms with van der Waals surface area (Å²) in [5.41, 5.74) is 4.78. The fourth-order valence-electron chi connectivity index (χ4n) is 3.93. The number of rotatable bonds is 6. The zero-order valence-corrected chi connectivity index (χ0v) is 19.9. The Labute approximate surface area is 184 Å². The maximum Gasteiger partial charge on any atom is 0.255 e. The molecule has 1 amide bonds. The van der Waals surface area contributed by atoms with Crippen LogP contribution < -0.4 is 4.72 Å². The van der Waals surface area contributed by atoms with E-state index in [0.717, 1.165) is 47.5 Å². The average Bonchev–Trinajstić information content (AvgIpc) is 3.24. The maximum absolute atomic E-state index is 13.1. The molecular formula is C23H30N2O3S2. The number of benzene rings is 2. The number of likely N-dealkylation sites (tertiary alicyclic amines) is 1. The molecule has 0 spiro atoms. The zero-order valence-electron chi connectivity index (χ0n) is 18.3. The first-order valence-corrected chi connectivity index (χ1v) is 12.9. The van der Waals surface area contributed by atoms with Crippen molar-refractivity contribution in [3.63, 3.8) is 0 Å². The van der Waals surface area contributed by atoms with Gasteiger partial charge in [-0.25, -0.2) is 13.1 Å². The van der Waals surface area contributed by atoms with Gasteiger partial charge in [-0.05, 0) is 87.2 Å². The van der Waals surface area contributed by atoms with Gasteiger partial charge >= 0.3 is 0 Å². The number of thioether (sulfide) groups is 1. The fraction of sp³-hybridized carbons (Fsp3) is 0.435. The van der Waals surface area contributed by atoms with Gasteiger partial charge in [0.1, 0.15) is 0 Å². The van der Waals surface area contributed by atoms with Crippen molar-refractivity contribution in [1.29, 1.82) is 0 Å². The molecule has 0 radical (unpaired) electrons. The van der Waals surface area contributed by atoms with E-state index in [0.29, 0.717) is 5.56 Å². The molecule has 1 heterocycles. The molecule has 1 saturated heterocycles. The van der Waals surface area contributed by atoms with Crippen LogP contribution in [0.25, 0.3) is 0 Å². The predicted molar refractivity (Wildman–Crippen MR) is 123 cm³/mol. The van der Waals surface area contributed by atoms with Crippen molar-refractivity contribution in [3.05, 3.63) is 58.1 Å². The number of hydrogen-bond donors (Lipinski definition) is 1. The van der Waals surface area contributed by atoms with Crippen LogP contribution in [0.3, 0.4) is 0 Å². The first-order valence-electron chi connectivity index (χ1n) is 10.2. The van der Waals surface area contributed by atoms with Crippen molar-refractivity contribution >= 4 is 27.7 Å². The van der Waals surface area contributed by atoms with E-state index in [9.17, 15) is 13.2 Å². The molecule has 1 aliphatic heterocycles. The smallest absolute Gasteiger partial charge is 0.255 e. The maximum atomic E-state index is 13.1. The number of aryl methyl sites for hydroxylation is 3. The second-order valence-corrected chi connectivity index (χ2v) is 10.6. The van der Waals surface area contributed by atoms with Crippen molar-refractivity contribution in [3.8, 4) is 0 Å². The van der Waals surface area contributed by atoms with Crippen LogP contribution in [-0.2, 0) is 10.0 Å². The first-order chi connectivity index (χ1) is 14.1. The van der Waals surface area contributed by atoms with E-state index in [1.165, 1.54) is 23.4 Å². The second-order valence-electron chi connectivity index (χ2n) is 8.00. The number of carbonyl (C=O) groups excluding carboxylic acids is 1. The lowest BCUT2D eigenvalue weighted by atomic mass is 9.97. The van der Waals surface area contributed by atoms with E-state index in [1.807, 2.05) is 40.0 Å². The minimum Gasteiger partial charge on any atom is -0.339 e. The molecule has 1 atom stereocenters. The fourth-order valence-corrected chi connectivity index (χ4v) is 5.74. The molecule has 2 aromatic carbocycles. The highest BCUT2D eigenvalue weighted by molar-refractivity contribution is 7.98. The summed E-state index contributed by atoms with van der Waals surface area (Å²) in [6, 6.07) is 8.57. The molecule has 0 aliphatic carbocycles. The molecule has 1 aliphatic rings. The van der Waals surface area contributed by atoms with E-state index >= 15 is 0 Å². The Kier molecular flexibility index (Phi) is 6.95. The van der Waals surface area contributed by atoms with Crippen LogP contribution in [0.4, 0.5) is 0 Å². The minimum absolute atomic E-state index is 0.0908. The van der Waals surface area contributed by atoms with E-state index in [4.69, 9.17) is 0 Å². The molecule has 30 heavy (non-hydrogen) atoms. The molecule has 162 valence electrons. The van der Waals surface area contributed by atoms with E-state index in [2.05, 4.69) is 10.8 Å². The van der Waals surface area contributed by atoms with Gasteiger partial charge in [0, 0.05) is 24.0 Å². The molecule has 1 unspecified atom stereocenters. The summed E-state index contributed by atoms with van der Waals surface area (Å²) < 4.78 is 29.1. The standard InChI is InChI=1S/C23H30N2O3S2/c1-15-12-17(3)20(13-16(15)2)18(4)24-30(27,28)19-8-9-22(29-5)21(14-19)23(26)25-10-6-7-11-25/h8-9,12-14,18,24H,6-7,10-11H2,1-5H3. The van der Waals surface area contributed by atoms with E-state index < -0.39 is 10.0 Å². The lowest BCUT2D eigenvalue weighted by molar-refractivity contribution is 0.0789. The highest BCUT2D eigenvalue weighted by atomic mass is 32.2. The van der Waals surface area contributed by atoms with Gasteiger partial charge in [-0.3, -0.25) is 4.79 Å². The van der Waals surface area contributed by atoms with Gasteiger partial charge in [0.05, 0.1) is 10.5 Å². The summed E-state index contributed by atoms with van der Waals surface area (Å²) in [5, 5.41) is 0. The van der Waals surface area contributed by atoms with Gasteiger partial charge in [-0.1, -0.05) is 12.1 Å². The number of nitrogens with zero attached hydrogens (tertiary/aromatic N) is 1. The summed E-state index contributed by atoms with van der Waals surface area (Å²) in [5.74, 6) is -0.0908. The average molecular weight is 447 g/mol. The number of hydrogen-bond acceptors (Lipinski definition) is 4. The molecule has 1 N–H and O–H groups in total. The Balaban J connectivity index is 1.91. The molecule has 7 heteroatoms. The Morgan fingerprint density at radius 2 is 1.67 bits per heavy atom. The topological polar surface area (TPSA) is 66.5 Å². The Hall–Kier alpha value is -1.83. The Morgan fingerprint density at radius 1 is 1.03 bits per heavy atom. The first kappa shape index (κ1) is 22.8. The number of amides is 1. The highest BCUT2D eigenvalue weighted by Gasteiger charge is 2.25. The van der Waals surface area contributed by atoms with Gasteiger partial charge in [0.25, 0.3) is 5.91 Å². The van der Waals surface area contributed by atoms with Gasteiger partial charge in [0.2, 0.25) is 10.0 Å². The Bertz CT molecular complexity index is 1060. The summed E-state index contributed by atoms with van der Waals surface area (Å²) in [7, 11) is -3.78. The number of nitrogens with one attached hydrogen (secondary N) is 1. The van der Waals surface area contributed by atoms with Gasteiger partial charge in [-0.15, -0.1) is 11.8 Å². The van der Waals surface area contributed by atoms with Crippen LogP contribution in [0.2, 0.25) is 0 Å². The van der Waals surface area contributed by atoms with Crippen LogP contribution in [0, 0.1) is 20.8 Å². The predicted octanol–water partition coefficient (Wildman–Crippen LogP) is 4.61. The van der Waals surface area contributed by atoms with Crippen LogP contribution in [-0.4, -0.2) is 38.6 Å². The van der Waals surface area contributed by atoms with E-state index in [1.54, 1.807) is 17.0 Å². The molecule has 1 fully saturated rings. The van der Waals surface area contributed by atoms with Gasteiger partial charge in [0.15, 0.2) is 0 Å². The summed E-state index contributed by atoms with van der Waals surface area (Å²) in [6.07, 6.45) is 3.88. The van der Waals surface area contributed by atoms with E-state index in [-0.39, 0.29) is 16.8 Å². The van der Waals surface area contributed by atoms with Crippen LogP contribution in [0.1, 0.15) is 58.4 Å². The zero-order chi connectivity index (χ0) is 22.1. The highest BCUT2D eigenvalue weighted by Crippen LogP contribution is 2.28. The Morgan fingerprint density at radius 3 is 2.30 bits per heavy atom. The quantitative estimate of drug-likeness (QED) is 0.658. The third-order valence-corrected chi connectivity index (χ3v) is 8.12. The molecule has 3 rings (SSSR count). The molecular weight excluding hydrogens is 416 g/mol. The van der Waals surface area contributed by atoms with Gasteiger partial charge in [-0.2, -0.15) is 0 Å². The normalized spacial score (nSPS) is 15.4. The largest absolute Gasteiger partial charge is 0.339 e. The minimum atomic E-state index is -3.78. The van der Waals surface area contributed by atoms with Crippen LogP contribution >= 0.6 is 11.8 Å². The van der Waals surface area contributed by atoms with Crippen molar-refractivity contribution < 1.29 is 13.2 Å². The molecule has 0 bridgehead atoms. The third kappa shape index (κ3) is 4.74. The van der Waals surface area contributed by atoms with Crippen LogP contribution in [0.15, 0.2) is 40.1 Å². The lowest BCUT2D eigenvalue weighted by Crippen LogP contribution is -2.30. The van der Waals surface area contributed by atoms with Crippen molar-refractivity contribution in [2.75, 3.05) is 19.3 Å². The number of carbonyl (C=O) groups is 1. The number of sulfonamides is 1. The molecule has 0 saturated carbocycles. The summed E-state index contributed by atoms with van der Waals surface area (Å²) in [4.78, 5) is 15.7. The monoisotopic (exact) mass is 446 g/mol. The summed E-state index contributed by atoms with van der Waals surface area (Å²) >= 11 is 1.45. The third-order valence-electron chi connectivity index (χ3n) is 5.79. The van der Waals surface area contributed by atoms with Crippen molar-refractivity contribution in [2.24, 2.45) is 0 Å². The van der Waals surface area contributed by atoms with Crippen molar-refractivity contribution in [1.82, 2.24) is 9.62 Å². The van der Waals surface area contributed by atoms with Gasteiger partial charge < -0.3 is 4.90 Å². The molecule has 0 aromatic heterocycles. The SMILES string of the molecule is CSc1ccc(S(=O)(=O)NC(C)c2cc(C)c(C)cc2C)cc1C(=O)N1CCCC1. The molecule has 2 aromatic rings. The summed E-state index contributed by atoms with van der Waals surface area (Å²) in [6.45, 7) is 9.37. The second kappa shape index (κ2) is 9.12. The lowest BCUT2D eigenvalue weighted by Gasteiger charge is -2.20. The molecule has 5 nitrogen and oxygen atoms in total. The van der Waals surface area contributed by atoms with Crippen molar-refractivity contribution in [2.45, 2.75) is 56.4 Å². The van der Waals surface area contributed by atoms with Crippen LogP contribution in [0.5, 0.6) is 0 Å².